The normalized spacial score (nSPS) is 9.26. The highest BCUT2D eigenvalue weighted by Crippen LogP contribution is 2.22. The first-order valence-corrected chi connectivity index (χ1v) is 8.68. The highest BCUT2D eigenvalue weighted by Gasteiger charge is 2.30. The van der Waals surface area contributed by atoms with Gasteiger partial charge in [-0.25, -0.2) is 4.79 Å². The van der Waals surface area contributed by atoms with Gasteiger partial charge in [0.15, 0.2) is 0 Å². The molecule has 0 atom stereocenters. The summed E-state index contributed by atoms with van der Waals surface area (Å²) in [5.74, 6) is -0.471. The number of ether oxygens (including phenoxy) is 2. The van der Waals surface area contributed by atoms with Gasteiger partial charge in [-0.15, -0.1) is 13.2 Å². The number of alkyl halides is 3. The third-order valence-corrected chi connectivity index (χ3v) is 2.69. The van der Waals surface area contributed by atoms with Crippen molar-refractivity contribution in [1.82, 2.24) is 0 Å². The Morgan fingerprint density at radius 1 is 0.852 bits per heavy atom. The zero-order valence-corrected chi connectivity index (χ0v) is 17.0. The summed E-state index contributed by atoms with van der Waals surface area (Å²) in [6.45, 7) is 11.7. The number of esters is 1. The minimum atomic E-state index is -4.60. The standard InChI is InChI=1S/C9H10O2.C8H7F3O.2C2H6/c1-7-4-3-5-8(6-7)9(10)11-2;1-6-2-4-7(5-3-6)12-8(9,10)11;2*1-2/h3-6H,1-2H3;2-5H,1H3;2*1-2H3. The van der Waals surface area contributed by atoms with Gasteiger partial charge in [0.2, 0.25) is 0 Å². The second kappa shape index (κ2) is 14.6. The molecule has 0 amide bonds. The zero-order valence-electron chi connectivity index (χ0n) is 17.0. The number of halogens is 3. The number of hydrogen-bond acceptors (Lipinski definition) is 3. The van der Waals surface area contributed by atoms with Crippen LogP contribution in [0.15, 0.2) is 48.5 Å². The average Bonchev–Trinajstić information content (AvgIpc) is 2.66. The maximum absolute atomic E-state index is 11.6. The summed E-state index contributed by atoms with van der Waals surface area (Å²) >= 11 is 0. The molecule has 27 heavy (non-hydrogen) atoms. The Balaban J connectivity index is 0. The van der Waals surface area contributed by atoms with E-state index < -0.39 is 6.36 Å². The van der Waals surface area contributed by atoms with Crippen molar-refractivity contribution in [2.45, 2.75) is 47.9 Å². The van der Waals surface area contributed by atoms with Gasteiger partial charge in [0.05, 0.1) is 12.7 Å². The second-order valence-electron chi connectivity index (χ2n) is 4.72. The van der Waals surface area contributed by atoms with Gasteiger partial charge in [-0.3, -0.25) is 0 Å². The number of carbonyl (C=O) groups excluding carboxylic acids is 1. The number of aryl methyl sites for hydroxylation is 2. The first kappa shape index (κ1) is 26.7. The van der Waals surface area contributed by atoms with Crippen LogP contribution in [0.4, 0.5) is 13.2 Å². The van der Waals surface area contributed by atoms with E-state index in [2.05, 4.69) is 9.47 Å². The summed E-state index contributed by atoms with van der Waals surface area (Å²) in [7, 11) is 1.38. The minimum absolute atomic E-state index is 0.187. The van der Waals surface area contributed by atoms with Crippen LogP contribution in [0, 0.1) is 13.8 Å². The van der Waals surface area contributed by atoms with Gasteiger partial charge in [-0.05, 0) is 38.1 Å². The van der Waals surface area contributed by atoms with Gasteiger partial charge >= 0.3 is 12.3 Å². The molecule has 0 unspecified atom stereocenters. The molecule has 2 rings (SSSR count). The fraction of sp³-hybridized carbons (Fsp3) is 0.381. The Morgan fingerprint density at radius 2 is 1.37 bits per heavy atom. The number of carbonyl (C=O) groups is 1. The molecule has 0 radical (unpaired) electrons. The van der Waals surface area contributed by atoms with E-state index in [-0.39, 0.29) is 11.7 Å². The van der Waals surface area contributed by atoms with Crippen molar-refractivity contribution in [1.29, 1.82) is 0 Å². The predicted molar refractivity (Wildman–Crippen MR) is 103 cm³/mol. The summed E-state index contributed by atoms with van der Waals surface area (Å²) in [6.07, 6.45) is -4.60. The first-order valence-electron chi connectivity index (χ1n) is 8.68. The molecule has 152 valence electrons. The van der Waals surface area contributed by atoms with Crippen molar-refractivity contribution >= 4 is 5.97 Å². The molecule has 0 aromatic heterocycles. The number of methoxy groups -OCH3 is 1. The minimum Gasteiger partial charge on any atom is -0.465 e. The van der Waals surface area contributed by atoms with Crippen LogP contribution in [-0.4, -0.2) is 19.4 Å². The van der Waals surface area contributed by atoms with Crippen molar-refractivity contribution < 1.29 is 27.4 Å². The maximum Gasteiger partial charge on any atom is 0.573 e. The third kappa shape index (κ3) is 13.4. The summed E-state index contributed by atoms with van der Waals surface area (Å²) in [5, 5.41) is 0. The lowest BCUT2D eigenvalue weighted by atomic mass is 10.1. The van der Waals surface area contributed by atoms with Crippen LogP contribution in [0.1, 0.15) is 49.2 Å². The molecule has 0 aliphatic rings. The van der Waals surface area contributed by atoms with Crippen LogP contribution in [0.5, 0.6) is 5.75 Å². The fourth-order valence-electron chi connectivity index (χ4n) is 1.63. The van der Waals surface area contributed by atoms with E-state index in [1.165, 1.54) is 19.2 Å². The highest BCUT2D eigenvalue weighted by atomic mass is 19.4. The largest absolute Gasteiger partial charge is 0.573 e. The molecule has 0 heterocycles. The van der Waals surface area contributed by atoms with E-state index in [1.807, 2.05) is 46.8 Å². The van der Waals surface area contributed by atoms with Gasteiger partial charge in [0.1, 0.15) is 5.75 Å². The van der Waals surface area contributed by atoms with Crippen molar-refractivity contribution in [3.8, 4) is 5.75 Å². The van der Waals surface area contributed by atoms with E-state index in [1.54, 1.807) is 31.2 Å². The molecule has 3 nitrogen and oxygen atoms in total. The first-order chi connectivity index (χ1) is 12.7. The Hall–Kier alpha value is -2.50. The van der Waals surface area contributed by atoms with Crippen LogP contribution in [-0.2, 0) is 4.74 Å². The molecule has 0 aliphatic carbocycles. The molecule has 0 fully saturated rings. The van der Waals surface area contributed by atoms with Crippen LogP contribution in [0.25, 0.3) is 0 Å². The maximum atomic E-state index is 11.6. The van der Waals surface area contributed by atoms with Gasteiger partial charge in [0, 0.05) is 0 Å². The van der Waals surface area contributed by atoms with Crippen LogP contribution in [0.2, 0.25) is 0 Å². The van der Waals surface area contributed by atoms with Crippen molar-refractivity contribution in [3.63, 3.8) is 0 Å². The van der Waals surface area contributed by atoms with Gasteiger partial charge in [-0.2, -0.15) is 0 Å². The van der Waals surface area contributed by atoms with E-state index in [9.17, 15) is 18.0 Å². The molecule has 0 bridgehead atoms. The monoisotopic (exact) mass is 386 g/mol. The van der Waals surface area contributed by atoms with Crippen LogP contribution >= 0.6 is 0 Å². The number of benzene rings is 2. The smallest absolute Gasteiger partial charge is 0.465 e. The van der Waals surface area contributed by atoms with E-state index in [4.69, 9.17) is 0 Å². The van der Waals surface area contributed by atoms with Crippen molar-refractivity contribution in [3.05, 3.63) is 65.2 Å². The third-order valence-electron chi connectivity index (χ3n) is 2.69. The van der Waals surface area contributed by atoms with Gasteiger partial charge in [0.25, 0.3) is 0 Å². The van der Waals surface area contributed by atoms with Crippen LogP contribution in [0.3, 0.4) is 0 Å². The Kier molecular flexibility index (Phi) is 14.5. The summed E-state index contributed by atoms with van der Waals surface area (Å²) in [4.78, 5) is 10.9. The van der Waals surface area contributed by atoms with Crippen LogP contribution < -0.4 is 4.74 Å². The Morgan fingerprint density at radius 3 is 1.78 bits per heavy atom. The second-order valence-corrected chi connectivity index (χ2v) is 4.72. The van der Waals surface area contributed by atoms with E-state index >= 15 is 0 Å². The number of hydrogen-bond donors (Lipinski definition) is 0. The molecular formula is C21H29F3O3. The molecule has 2 aromatic rings. The lowest BCUT2D eigenvalue weighted by Crippen LogP contribution is -2.16. The van der Waals surface area contributed by atoms with Crippen molar-refractivity contribution in [2.24, 2.45) is 0 Å². The van der Waals surface area contributed by atoms with Gasteiger partial charge < -0.3 is 9.47 Å². The fourth-order valence-corrected chi connectivity index (χ4v) is 1.63. The molecular weight excluding hydrogens is 357 g/mol. The predicted octanol–water partition coefficient (Wildman–Crippen LogP) is 6.73. The molecule has 0 saturated carbocycles. The number of rotatable bonds is 2. The van der Waals surface area contributed by atoms with Gasteiger partial charge in [-0.1, -0.05) is 63.1 Å². The van der Waals surface area contributed by atoms with E-state index in [0.717, 1.165) is 11.1 Å². The highest BCUT2D eigenvalue weighted by molar-refractivity contribution is 5.89. The Bertz CT molecular complexity index is 636. The van der Waals surface area contributed by atoms with Crippen molar-refractivity contribution in [2.75, 3.05) is 7.11 Å². The lowest BCUT2D eigenvalue weighted by molar-refractivity contribution is -0.274. The summed E-state index contributed by atoms with van der Waals surface area (Å²) in [5.41, 5.74) is 2.56. The summed E-state index contributed by atoms with van der Waals surface area (Å²) in [6, 6.07) is 13.0. The topological polar surface area (TPSA) is 35.5 Å². The SMILES string of the molecule is CC.CC.COC(=O)c1cccc(C)c1.Cc1ccc(OC(F)(F)F)cc1. The molecule has 2 aromatic carbocycles. The lowest BCUT2D eigenvalue weighted by Gasteiger charge is -2.08. The quantitative estimate of drug-likeness (QED) is 0.537. The average molecular weight is 386 g/mol. The molecule has 0 spiro atoms. The molecule has 6 heteroatoms. The Labute approximate surface area is 160 Å². The molecule has 0 N–H and O–H groups in total. The zero-order chi connectivity index (χ0) is 21.5. The van der Waals surface area contributed by atoms with E-state index in [0.29, 0.717) is 5.56 Å². The summed E-state index contributed by atoms with van der Waals surface area (Å²) < 4.78 is 43.1. The molecule has 0 aliphatic heterocycles. The molecule has 0 saturated heterocycles.